The van der Waals surface area contributed by atoms with Gasteiger partial charge in [-0.05, 0) is 84.1 Å². The summed E-state index contributed by atoms with van der Waals surface area (Å²) in [6.45, 7) is 13.3. The number of carbonyl (C=O) groups is 2. The highest BCUT2D eigenvalue weighted by Crippen LogP contribution is 2.65. The van der Waals surface area contributed by atoms with Crippen molar-refractivity contribution in [2.24, 2.45) is 28.1 Å². The van der Waals surface area contributed by atoms with Gasteiger partial charge in [0.05, 0.1) is 0 Å². The Hall–Kier alpha value is -2.88. The van der Waals surface area contributed by atoms with Crippen molar-refractivity contribution in [2.75, 3.05) is 0 Å². The standard InChI is InChI=1S/C17H20O.C16H22O3/c1-16(2)14-9-10-17(16,3)15(18)13(14)11-12-7-5-4-6-8-12;1-11-8-12(10-16(2,3)9-11)19-15(18)13-6-4-5-7-14(13)17/h4-8,11,14H,9-10H2,1-3H3;4-7,11-12,17H,8-10H2,1-3H3/b13-11-;. The summed E-state index contributed by atoms with van der Waals surface area (Å²) >= 11 is 0. The van der Waals surface area contributed by atoms with Gasteiger partial charge >= 0.3 is 5.97 Å². The summed E-state index contributed by atoms with van der Waals surface area (Å²) in [5.41, 5.74) is 2.64. The van der Waals surface area contributed by atoms with Crippen LogP contribution in [0.5, 0.6) is 5.75 Å². The first-order valence-electron chi connectivity index (χ1n) is 13.6. The molecule has 1 N–H and O–H groups in total. The summed E-state index contributed by atoms with van der Waals surface area (Å²) in [4.78, 5) is 24.7. The van der Waals surface area contributed by atoms with Crippen molar-refractivity contribution < 1.29 is 19.4 Å². The van der Waals surface area contributed by atoms with E-state index in [9.17, 15) is 14.7 Å². The van der Waals surface area contributed by atoms with Crippen LogP contribution < -0.4 is 0 Å². The van der Waals surface area contributed by atoms with Crippen LogP contribution in [0.15, 0.2) is 60.2 Å². The lowest BCUT2D eigenvalue weighted by atomic mass is 9.70. The van der Waals surface area contributed by atoms with Crippen LogP contribution in [0.1, 0.15) is 89.6 Å². The van der Waals surface area contributed by atoms with E-state index in [1.165, 1.54) is 6.07 Å². The van der Waals surface area contributed by atoms with Gasteiger partial charge in [-0.25, -0.2) is 4.79 Å². The number of phenolic OH excluding ortho intramolecular Hbond substituents is 1. The second-order valence-electron chi connectivity index (χ2n) is 12.9. The molecule has 198 valence electrons. The number of ketones is 1. The van der Waals surface area contributed by atoms with Crippen molar-refractivity contribution in [3.63, 3.8) is 0 Å². The Bertz CT molecular complexity index is 1180. The highest BCUT2D eigenvalue weighted by atomic mass is 16.5. The molecule has 3 aliphatic carbocycles. The largest absolute Gasteiger partial charge is 0.507 e. The second kappa shape index (κ2) is 10.1. The van der Waals surface area contributed by atoms with Gasteiger partial charge in [-0.3, -0.25) is 4.79 Å². The molecular weight excluding hydrogens is 460 g/mol. The van der Waals surface area contributed by atoms with Gasteiger partial charge in [0.15, 0.2) is 5.78 Å². The fourth-order valence-corrected chi connectivity index (χ4v) is 7.03. The van der Waals surface area contributed by atoms with E-state index in [1.807, 2.05) is 18.2 Å². The second-order valence-corrected chi connectivity index (χ2v) is 12.9. The van der Waals surface area contributed by atoms with Crippen molar-refractivity contribution in [1.29, 1.82) is 0 Å². The van der Waals surface area contributed by atoms with Crippen molar-refractivity contribution >= 4 is 17.8 Å². The van der Waals surface area contributed by atoms with Gasteiger partial charge < -0.3 is 9.84 Å². The van der Waals surface area contributed by atoms with Crippen LogP contribution >= 0.6 is 0 Å². The normalized spacial score (nSPS) is 30.5. The third-order valence-corrected chi connectivity index (χ3v) is 9.23. The molecule has 0 radical (unpaired) electrons. The summed E-state index contributed by atoms with van der Waals surface area (Å²) in [5.74, 6) is 0.942. The Morgan fingerprint density at radius 3 is 2.22 bits per heavy atom. The van der Waals surface area contributed by atoms with Crippen LogP contribution in [0.2, 0.25) is 0 Å². The predicted molar refractivity (Wildman–Crippen MR) is 148 cm³/mol. The number of esters is 1. The molecule has 4 heteroatoms. The molecule has 0 heterocycles. The summed E-state index contributed by atoms with van der Waals surface area (Å²) in [5, 5.41) is 9.66. The first-order valence-corrected chi connectivity index (χ1v) is 13.6. The fraction of sp³-hybridized carbons (Fsp3) is 0.515. The fourth-order valence-electron chi connectivity index (χ4n) is 7.03. The van der Waals surface area contributed by atoms with Gasteiger partial charge in [0, 0.05) is 5.41 Å². The molecule has 0 aliphatic heterocycles. The van der Waals surface area contributed by atoms with E-state index in [2.05, 4.69) is 59.8 Å². The lowest BCUT2D eigenvalue weighted by Gasteiger charge is -2.38. The monoisotopic (exact) mass is 502 g/mol. The van der Waals surface area contributed by atoms with E-state index in [1.54, 1.807) is 18.2 Å². The molecule has 4 atom stereocenters. The van der Waals surface area contributed by atoms with Crippen LogP contribution in [0.3, 0.4) is 0 Å². The predicted octanol–water partition coefficient (Wildman–Crippen LogP) is 7.86. The smallest absolute Gasteiger partial charge is 0.342 e. The molecule has 0 spiro atoms. The molecule has 3 fully saturated rings. The lowest BCUT2D eigenvalue weighted by molar-refractivity contribution is -0.125. The number of benzene rings is 2. The first kappa shape index (κ1) is 27.2. The van der Waals surface area contributed by atoms with Gasteiger partial charge in [-0.2, -0.15) is 0 Å². The average molecular weight is 503 g/mol. The van der Waals surface area contributed by atoms with E-state index in [4.69, 9.17) is 4.74 Å². The molecule has 2 aromatic carbocycles. The van der Waals surface area contributed by atoms with Crippen molar-refractivity contribution in [2.45, 2.75) is 79.8 Å². The van der Waals surface area contributed by atoms with Crippen LogP contribution in [-0.4, -0.2) is 23.0 Å². The van der Waals surface area contributed by atoms with Crippen LogP contribution in [-0.2, 0) is 9.53 Å². The summed E-state index contributed by atoms with van der Waals surface area (Å²) in [6.07, 6.45) is 7.23. The number of para-hydroxylation sites is 1. The lowest BCUT2D eigenvalue weighted by Crippen LogP contribution is -2.34. The quantitative estimate of drug-likeness (QED) is 0.343. The van der Waals surface area contributed by atoms with Gasteiger partial charge in [0.25, 0.3) is 0 Å². The minimum atomic E-state index is -0.423. The zero-order valence-electron chi connectivity index (χ0n) is 23.2. The molecule has 2 aromatic rings. The maximum atomic E-state index is 12.6. The molecule has 5 rings (SSSR count). The van der Waals surface area contributed by atoms with Crippen LogP contribution in [0, 0.1) is 28.1 Å². The molecule has 2 bridgehead atoms. The topological polar surface area (TPSA) is 63.6 Å². The molecular formula is C33H42O4. The number of phenols is 1. The molecule has 4 nitrogen and oxygen atoms in total. The third-order valence-electron chi connectivity index (χ3n) is 9.23. The minimum Gasteiger partial charge on any atom is -0.507 e. The molecule has 0 aromatic heterocycles. The van der Waals surface area contributed by atoms with E-state index < -0.39 is 5.97 Å². The van der Waals surface area contributed by atoms with Gasteiger partial charge in [0.1, 0.15) is 17.4 Å². The molecule has 3 saturated carbocycles. The molecule has 0 amide bonds. The number of Topliss-reactive ketones (excluding diaryl/α,β-unsaturated/α-hetero) is 1. The summed E-state index contributed by atoms with van der Waals surface area (Å²) in [7, 11) is 0. The summed E-state index contributed by atoms with van der Waals surface area (Å²) < 4.78 is 5.57. The Morgan fingerprint density at radius 2 is 1.62 bits per heavy atom. The first-order chi connectivity index (χ1) is 17.3. The number of rotatable bonds is 3. The number of ether oxygens (including phenoxy) is 1. The molecule has 3 aliphatic rings. The Kier molecular flexibility index (Phi) is 7.43. The van der Waals surface area contributed by atoms with E-state index >= 15 is 0 Å². The number of fused-ring (bicyclic) bond motifs is 2. The van der Waals surface area contributed by atoms with Crippen molar-refractivity contribution in [3.8, 4) is 5.75 Å². The maximum Gasteiger partial charge on any atom is 0.342 e. The number of carbonyl (C=O) groups excluding carboxylic acids is 2. The highest BCUT2D eigenvalue weighted by molar-refractivity contribution is 6.07. The number of allylic oxidation sites excluding steroid dienone is 1. The number of hydrogen-bond donors (Lipinski definition) is 1. The molecule has 0 saturated heterocycles. The van der Waals surface area contributed by atoms with E-state index in [0.717, 1.165) is 43.2 Å². The van der Waals surface area contributed by atoms with Gasteiger partial charge in [-0.15, -0.1) is 0 Å². The van der Waals surface area contributed by atoms with Gasteiger partial charge in [-0.1, -0.05) is 84.0 Å². The zero-order chi connectivity index (χ0) is 27.0. The maximum absolute atomic E-state index is 12.6. The average Bonchev–Trinajstić information content (AvgIpc) is 3.12. The van der Waals surface area contributed by atoms with Crippen LogP contribution in [0.4, 0.5) is 0 Å². The van der Waals surface area contributed by atoms with Crippen LogP contribution in [0.25, 0.3) is 6.08 Å². The van der Waals surface area contributed by atoms with E-state index in [-0.39, 0.29) is 33.7 Å². The Balaban J connectivity index is 0.000000173. The number of hydrogen-bond acceptors (Lipinski definition) is 4. The Morgan fingerprint density at radius 1 is 0.973 bits per heavy atom. The van der Waals surface area contributed by atoms with Crippen molar-refractivity contribution in [3.05, 3.63) is 71.3 Å². The SMILES string of the molecule is CC12CCC(/C(=C/c3ccccc3)C1=O)C2(C)C.CC1CC(OC(=O)c2ccccc2O)CC(C)(C)C1. The Labute approximate surface area is 222 Å². The minimum absolute atomic E-state index is 0.0179. The summed E-state index contributed by atoms with van der Waals surface area (Å²) in [6, 6.07) is 16.7. The molecule has 4 unspecified atom stereocenters. The van der Waals surface area contributed by atoms with E-state index in [0.29, 0.717) is 17.6 Å². The number of aromatic hydroxyl groups is 1. The highest BCUT2D eigenvalue weighted by Gasteiger charge is 2.63. The van der Waals surface area contributed by atoms with Crippen molar-refractivity contribution in [1.82, 2.24) is 0 Å². The molecule has 37 heavy (non-hydrogen) atoms. The van der Waals surface area contributed by atoms with Gasteiger partial charge in [0.2, 0.25) is 0 Å². The third kappa shape index (κ3) is 5.39. The zero-order valence-corrected chi connectivity index (χ0v) is 23.2.